The number of aryl methyl sites for hydroxylation is 1. The number of nitrogens with zero attached hydrogens (tertiary/aromatic N) is 2. The standard InChI is InChI=1S/C23H22F2N2O4.Na/c1-14-26-22(15-2-6-17(24)7-3-15)23(16-4-8-18(25)9-5-16)27(14)11-10-19(28)12-20(29)13-21(30)31;/h2-11,19-20,28-29H,12-13H2,1H3,(H,30,31);/q;+1/p-1/b11-10+;. The van der Waals surface area contributed by atoms with Crippen LogP contribution in [0, 0.1) is 18.6 Å². The second-order valence-electron chi connectivity index (χ2n) is 7.11. The first-order valence-electron chi connectivity index (χ1n) is 9.59. The van der Waals surface area contributed by atoms with Gasteiger partial charge in [0.1, 0.15) is 17.5 Å². The minimum absolute atomic E-state index is 0. The zero-order chi connectivity index (χ0) is 22.5. The Labute approximate surface area is 206 Å². The van der Waals surface area contributed by atoms with Crippen molar-refractivity contribution in [2.45, 2.75) is 32.0 Å². The maximum atomic E-state index is 13.5. The molecule has 0 radical (unpaired) electrons. The Hall–Kier alpha value is -2.36. The fraction of sp³-hybridized carbons (Fsp3) is 0.217. The van der Waals surface area contributed by atoms with Crippen molar-refractivity contribution < 1.29 is 58.5 Å². The number of rotatable bonds is 8. The Morgan fingerprint density at radius 3 is 2.12 bits per heavy atom. The molecule has 9 heteroatoms. The smallest absolute Gasteiger partial charge is 0.550 e. The number of aliphatic carboxylic acids is 1. The number of benzene rings is 2. The summed E-state index contributed by atoms with van der Waals surface area (Å²) < 4.78 is 28.5. The monoisotopic (exact) mass is 450 g/mol. The average molecular weight is 450 g/mol. The maximum absolute atomic E-state index is 13.5. The Balaban J connectivity index is 0.00000363. The van der Waals surface area contributed by atoms with Gasteiger partial charge in [0.15, 0.2) is 0 Å². The van der Waals surface area contributed by atoms with E-state index in [1.54, 1.807) is 42.0 Å². The normalized spacial score (nSPS) is 13.0. The second-order valence-corrected chi connectivity index (χ2v) is 7.11. The van der Waals surface area contributed by atoms with Crippen molar-refractivity contribution in [3.63, 3.8) is 0 Å². The van der Waals surface area contributed by atoms with E-state index in [9.17, 15) is 28.9 Å². The number of aliphatic hydroxyl groups is 2. The number of carboxylic acids is 1. The van der Waals surface area contributed by atoms with Gasteiger partial charge in [0.25, 0.3) is 0 Å². The average Bonchev–Trinajstić information content (AvgIpc) is 3.03. The van der Waals surface area contributed by atoms with Crippen molar-refractivity contribution in [2.75, 3.05) is 0 Å². The molecule has 2 atom stereocenters. The zero-order valence-corrected chi connectivity index (χ0v) is 19.7. The van der Waals surface area contributed by atoms with Crippen molar-refractivity contribution in [2.24, 2.45) is 0 Å². The fourth-order valence-electron chi connectivity index (χ4n) is 3.24. The van der Waals surface area contributed by atoms with Crippen LogP contribution in [-0.4, -0.2) is 37.9 Å². The summed E-state index contributed by atoms with van der Waals surface area (Å²) in [7, 11) is 0. The predicted octanol–water partition coefficient (Wildman–Crippen LogP) is -0.470. The third-order valence-corrected chi connectivity index (χ3v) is 4.70. The van der Waals surface area contributed by atoms with Gasteiger partial charge in [0.2, 0.25) is 0 Å². The number of hydrogen-bond donors (Lipinski definition) is 2. The third kappa shape index (κ3) is 6.57. The van der Waals surface area contributed by atoms with Crippen LogP contribution in [0.15, 0.2) is 54.6 Å². The van der Waals surface area contributed by atoms with Crippen molar-refractivity contribution >= 4 is 12.2 Å². The van der Waals surface area contributed by atoms with E-state index in [1.807, 2.05) is 0 Å². The van der Waals surface area contributed by atoms with Gasteiger partial charge < -0.3 is 24.7 Å². The van der Waals surface area contributed by atoms with E-state index in [-0.39, 0.29) is 41.8 Å². The van der Waals surface area contributed by atoms with Crippen molar-refractivity contribution in [3.05, 3.63) is 72.1 Å². The molecule has 2 aromatic carbocycles. The minimum Gasteiger partial charge on any atom is -0.550 e. The molecule has 2 unspecified atom stereocenters. The minimum atomic E-state index is -1.41. The molecule has 3 aromatic rings. The summed E-state index contributed by atoms with van der Waals surface area (Å²) in [6.45, 7) is 1.74. The largest absolute Gasteiger partial charge is 1.00 e. The molecule has 162 valence electrons. The number of aromatic nitrogens is 2. The van der Waals surface area contributed by atoms with Crippen LogP contribution in [0.1, 0.15) is 18.7 Å². The summed E-state index contributed by atoms with van der Waals surface area (Å²) in [5.74, 6) is -1.64. The van der Waals surface area contributed by atoms with Crippen LogP contribution in [0.25, 0.3) is 28.7 Å². The Morgan fingerprint density at radius 1 is 1.06 bits per heavy atom. The number of imidazole rings is 1. The van der Waals surface area contributed by atoms with Gasteiger partial charge >= 0.3 is 29.6 Å². The summed E-state index contributed by atoms with van der Waals surface area (Å²) in [6, 6.07) is 11.6. The molecule has 3 rings (SSSR count). The molecule has 1 heterocycles. The molecule has 2 N–H and O–H groups in total. The summed E-state index contributed by atoms with van der Waals surface area (Å²) in [5.41, 5.74) is 2.45. The Bertz CT molecular complexity index is 1080. The molecule has 0 bridgehead atoms. The molecule has 0 saturated heterocycles. The van der Waals surface area contributed by atoms with Crippen molar-refractivity contribution in [1.29, 1.82) is 0 Å². The van der Waals surface area contributed by atoms with E-state index in [0.29, 0.717) is 28.3 Å². The number of carboxylic acid groups (broad SMARTS) is 1. The molecule has 1 aromatic heterocycles. The molecule has 32 heavy (non-hydrogen) atoms. The molecule has 0 aliphatic carbocycles. The molecule has 0 aliphatic rings. The number of aliphatic hydroxyl groups excluding tert-OH is 2. The van der Waals surface area contributed by atoms with Gasteiger partial charge in [0.05, 0.1) is 23.6 Å². The number of carbonyl (C=O) groups is 1. The van der Waals surface area contributed by atoms with E-state index in [1.165, 1.54) is 30.3 Å². The van der Waals surface area contributed by atoms with E-state index in [0.717, 1.165) is 0 Å². The molecule has 0 aliphatic heterocycles. The molecule has 0 spiro atoms. The Morgan fingerprint density at radius 2 is 1.59 bits per heavy atom. The molecule has 0 saturated carbocycles. The van der Waals surface area contributed by atoms with Crippen LogP contribution in [0.4, 0.5) is 8.78 Å². The van der Waals surface area contributed by atoms with E-state index >= 15 is 0 Å². The Kier molecular flexibility index (Phi) is 9.30. The first kappa shape index (κ1) is 25.9. The SMILES string of the molecule is Cc1nc(-c2ccc(F)cc2)c(-c2ccc(F)cc2)n1/C=C/C(O)CC(O)CC(=O)[O-].[Na+]. The third-order valence-electron chi connectivity index (χ3n) is 4.70. The molecule has 0 fully saturated rings. The predicted molar refractivity (Wildman–Crippen MR) is 109 cm³/mol. The van der Waals surface area contributed by atoms with Gasteiger partial charge in [-0.1, -0.05) is 0 Å². The first-order chi connectivity index (χ1) is 14.7. The molecular weight excluding hydrogens is 429 g/mol. The van der Waals surface area contributed by atoms with Crippen LogP contribution < -0.4 is 34.7 Å². The van der Waals surface area contributed by atoms with Crippen molar-refractivity contribution in [1.82, 2.24) is 9.55 Å². The molecule has 0 amide bonds. The van der Waals surface area contributed by atoms with E-state index in [2.05, 4.69) is 4.98 Å². The van der Waals surface area contributed by atoms with Gasteiger partial charge in [0, 0.05) is 36.1 Å². The molecule has 6 nitrogen and oxygen atoms in total. The number of carbonyl (C=O) groups excluding carboxylic acids is 1. The summed E-state index contributed by atoms with van der Waals surface area (Å²) in [4.78, 5) is 15.1. The summed E-state index contributed by atoms with van der Waals surface area (Å²) in [6.07, 6.45) is -0.190. The number of halogens is 2. The first-order valence-corrected chi connectivity index (χ1v) is 9.59. The van der Waals surface area contributed by atoms with Gasteiger partial charge in [-0.15, -0.1) is 0 Å². The van der Waals surface area contributed by atoms with Crippen LogP contribution in [0.3, 0.4) is 0 Å². The van der Waals surface area contributed by atoms with Gasteiger partial charge in [-0.2, -0.15) is 0 Å². The summed E-state index contributed by atoms with van der Waals surface area (Å²) in [5, 5.41) is 30.4. The van der Waals surface area contributed by atoms with Gasteiger partial charge in [-0.3, -0.25) is 0 Å². The topological polar surface area (TPSA) is 98.4 Å². The van der Waals surface area contributed by atoms with Crippen molar-refractivity contribution in [3.8, 4) is 22.5 Å². The zero-order valence-electron chi connectivity index (χ0n) is 17.7. The quantitative estimate of drug-likeness (QED) is 0.453. The fourth-order valence-corrected chi connectivity index (χ4v) is 3.24. The molecular formula is C23H21F2N2NaO4. The number of hydrogen-bond acceptors (Lipinski definition) is 5. The van der Waals surface area contributed by atoms with Gasteiger partial charge in [-0.05, 0) is 61.5 Å². The van der Waals surface area contributed by atoms with Gasteiger partial charge in [-0.25, -0.2) is 13.8 Å². The second kappa shape index (κ2) is 11.5. The summed E-state index contributed by atoms with van der Waals surface area (Å²) >= 11 is 0. The van der Waals surface area contributed by atoms with Crippen LogP contribution in [-0.2, 0) is 4.79 Å². The van der Waals surface area contributed by atoms with Crippen LogP contribution >= 0.6 is 0 Å². The van der Waals surface area contributed by atoms with Crippen LogP contribution in [0.5, 0.6) is 0 Å². The van der Waals surface area contributed by atoms with Crippen LogP contribution in [0.2, 0.25) is 0 Å². The van der Waals surface area contributed by atoms with E-state index < -0.39 is 30.4 Å². The van der Waals surface area contributed by atoms with E-state index in [4.69, 9.17) is 0 Å². The maximum Gasteiger partial charge on any atom is 1.00 e.